The predicted octanol–water partition coefficient (Wildman–Crippen LogP) is 9.13. The van der Waals surface area contributed by atoms with Crippen LogP contribution in [0.5, 0.6) is 0 Å². The van der Waals surface area contributed by atoms with Crippen LogP contribution in [-0.2, 0) is 36.8 Å². The topological polar surface area (TPSA) is 113 Å². The van der Waals surface area contributed by atoms with Crippen molar-refractivity contribution in [2.75, 3.05) is 20.6 Å². The molecule has 1 fully saturated rings. The molecule has 8 nitrogen and oxygen atoms in total. The zero-order valence-electron chi connectivity index (χ0n) is 36.5. The van der Waals surface area contributed by atoms with E-state index in [1.54, 1.807) is 0 Å². The molecule has 2 N–H and O–H groups in total. The van der Waals surface area contributed by atoms with Crippen molar-refractivity contribution in [2.45, 2.75) is 156 Å². The summed E-state index contributed by atoms with van der Waals surface area (Å²) in [5.74, 6) is -1.60. The smallest absolute Gasteiger partial charge is 0.224 e. The molecule has 0 spiro atoms. The molecule has 1 unspecified atom stereocenters. The molecule has 0 heterocycles. The third kappa shape index (κ3) is 18.7. The van der Waals surface area contributed by atoms with Gasteiger partial charge in [-0.25, -0.2) is 0 Å². The third-order valence-electron chi connectivity index (χ3n) is 11.5. The van der Waals surface area contributed by atoms with E-state index in [4.69, 9.17) is 0 Å². The van der Waals surface area contributed by atoms with Gasteiger partial charge in [-0.3, -0.25) is 24.0 Å². The van der Waals surface area contributed by atoms with E-state index in [1.165, 1.54) is 25.7 Å². The first-order valence-corrected chi connectivity index (χ1v) is 22.1. The van der Waals surface area contributed by atoms with E-state index in [1.807, 2.05) is 95.3 Å². The lowest BCUT2D eigenvalue weighted by molar-refractivity contribution is -0.135. The molecule has 2 aromatic carbocycles. The van der Waals surface area contributed by atoms with Gasteiger partial charge in [0.2, 0.25) is 11.8 Å². The van der Waals surface area contributed by atoms with Gasteiger partial charge in [-0.1, -0.05) is 127 Å². The first-order chi connectivity index (χ1) is 27.2. The summed E-state index contributed by atoms with van der Waals surface area (Å²) in [5, 5.41) is 6.17. The molecule has 0 aliphatic heterocycles. The van der Waals surface area contributed by atoms with Crippen LogP contribution in [0.1, 0.15) is 142 Å². The van der Waals surface area contributed by atoms with Crippen LogP contribution in [0.2, 0.25) is 0 Å². The number of unbranched alkanes of at least 4 members (excludes halogenated alkanes) is 6. The van der Waals surface area contributed by atoms with Gasteiger partial charge in [0.15, 0.2) is 11.6 Å². The van der Waals surface area contributed by atoms with Crippen molar-refractivity contribution in [1.29, 1.82) is 0 Å². The minimum Gasteiger partial charge on any atom is -0.346 e. The highest BCUT2D eigenvalue weighted by molar-refractivity contribution is 5.97. The van der Waals surface area contributed by atoms with Crippen LogP contribution in [0, 0.1) is 29.1 Å². The van der Waals surface area contributed by atoms with Crippen LogP contribution in [0.3, 0.4) is 0 Å². The second-order valence-electron chi connectivity index (χ2n) is 18.4. The molecule has 3 rings (SSSR count). The van der Waals surface area contributed by atoms with Gasteiger partial charge in [0, 0.05) is 36.5 Å². The molecule has 0 radical (unpaired) electrons. The standard InChI is InChI=1S/C49H75N3O5/c1-36(2)31-43(45(54)35-41(33-39-23-17-14-18-24-39)48(57)51-44(32-37(3)4)46(55)49(5)28-29-49)50-47(56)40(27-26-38-21-15-13-16-22-38)34-42(53)25-19-11-9-8-10-12-20-30-52(6)7/h13-18,21-24,36-37,40-41,43-44H,8-12,19-20,25-35H2,1-7H3,(H,50,56)(H,51,57)/t40?,41-,43+,44+/m1/s1. The summed E-state index contributed by atoms with van der Waals surface area (Å²) in [6.07, 6.45) is 12.4. The molecular formula is C49H75N3O5. The molecule has 1 aliphatic rings. The van der Waals surface area contributed by atoms with Gasteiger partial charge in [0.25, 0.3) is 0 Å². The monoisotopic (exact) mass is 786 g/mol. The van der Waals surface area contributed by atoms with Crippen LogP contribution in [0.4, 0.5) is 0 Å². The number of nitrogens with zero attached hydrogens (tertiary/aromatic N) is 1. The maximum Gasteiger partial charge on any atom is 0.224 e. The first-order valence-electron chi connectivity index (χ1n) is 22.1. The fraction of sp³-hybridized carbons (Fsp3) is 0.653. The SMILES string of the molecule is CC(C)C[C@H](NC(=O)C(CCc1ccccc1)CC(=O)CCCCCCCCCN(C)C)C(=O)C[C@@H](Cc1ccccc1)C(=O)N[C@@H](CC(C)C)C(=O)C1(C)CC1. The quantitative estimate of drug-likeness (QED) is 0.0765. The molecule has 1 saturated carbocycles. The summed E-state index contributed by atoms with van der Waals surface area (Å²) < 4.78 is 0. The number of hydrogen-bond donors (Lipinski definition) is 2. The van der Waals surface area contributed by atoms with E-state index >= 15 is 0 Å². The Kier molecular flexibility index (Phi) is 20.9. The molecule has 2 aromatic rings. The number of Topliss-reactive ketones (excluding diaryl/α,β-unsaturated/α-hetero) is 3. The average molecular weight is 786 g/mol. The van der Waals surface area contributed by atoms with Crippen LogP contribution >= 0.6 is 0 Å². The van der Waals surface area contributed by atoms with E-state index in [9.17, 15) is 24.0 Å². The third-order valence-corrected chi connectivity index (χ3v) is 11.5. The summed E-state index contributed by atoms with van der Waals surface area (Å²) in [5.41, 5.74) is 1.63. The Hall–Kier alpha value is -3.65. The first kappa shape index (κ1) is 47.7. The normalized spacial score (nSPS) is 15.5. The van der Waals surface area contributed by atoms with E-state index in [0.717, 1.165) is 49.8 Å². The number of ketones is 3. The van der Waals surface area contributed by atoms with Crippen molar-refractivity contribution in [1.82, 2.24) is 15.5 Å². The Bertz CT molecular complexity index is 1520. The van der Waals surface area contributed by atoms with Crippen molar-refractivity contribution in [3.63, 3.8) is 0 Å². The van der Waals surface area contributed by atoms with Crippen molar-refractivity contribution in [3.05, 3.63) is 71.8 Å². The largest absolute Gasteiger partial charge is 0.346 e. The average Bonchev–Trinajstić information content (AvgIpc) is 3.92. The lowest BCUT2D eigenvalue weighted by Gasteiger charge is -2.27. The second-order valence-corrected chi connectivity index (χ2v) is 18.4. The number of amides is 2. The molecule has 0 bridgehead atoms. The van der Waals surface area contributed by atoms with Crippen molar-refractivity contribution >= 4 is 29.2 Å². The van der Waals surface area contributed by atoms with Gasteiger partial charge >= 0.3 is 0 Å². The Labute approximate surface area is 345 Å². The molecule has 0 saturated heterocycles. The fourth-order valence-electron chi connectivity index (χ4n) is 7.74. The molecule has 57 heavy (non-hydrogen) atoms. The summed E-state index contributed by atoms with van der Waals surface area (Å²) in [4.78, 5) is 71.6. The molecule has 316 valence electrons. The highest BCUT2D eigenvalue weighted by atomic mass is 16.2. The lowest BCUT2D eigenvalue weighted by atomic mass is 9.87. The highest BCUT2D eigenvalue weighted by Crippen LogP contribution is 2.47. The highest BCUT2D eigenvalue weighted by Gasteiger charge is 2.48. The Morgan fingerprint density at radius 2 is 1.16 bits per heavy atom. The van der Waals surface area contributed by atoms with E-state index in [-0.39, 0.29) is 53.8 Å². The number of nitrogens with one attached hydrogen (secondary N) is 2. The Balaban J connectivity index is 1.71. The van der Waals surface area contributed by atoms with Crippen LogP contribution in [0.25, 0.3) is 0 Å². The number of rotatable bonds is 30. The number of aryl methyl sites for hydroxylation is 1. The summed E-state index contributed by atoms with van der Waals surface area (Å²) >= 11 is 0. The molecule has 4 atom stereocenters. The van der Waals surface area contributed by atoms with Crippen molar-refractivity contribution in [3.8, 4) is 0 Å². The van der Waals surface area contributed by atoms with Gasteiger partial charge in [-0.15, -0.1) is 0 Å². The number of carbonyl (C=O) groups is 5. The van der Waals surface area contributed by atoms with Gasteiger partial charge in [0.05, 0.1) is 12.1 Å². The summed E-state index contributed by atoms with van der Waals surface area (Å²) in [6.45, 7) is 11.2. The van der Waals surface area contributed by atoms with Crippen LogP contribution in [0.15, 0.2) is 60.7 Å². The molecule has 2 amide bonds. The second kappa shape index (κ2) is 25.0. The van der Waals surface area contributed by atoms with E-state index in [2.05, 4.69) is 29.6 Å². The lowest BCUT2D eigenvalue weighted by Crippen LogP contribution is -2.49. The molecule has 1 aliphatic carbocycles. The number of benzene rings is 2. The Morgan fingerprint density at radius 1 is 0.649 bits per heavy atom. The zero-order chi connectivity index (χ0) is 41.8. The maximum absolute atomic E-state index is 14.3. The Morgan fingerprint density at radius 3 is 1.72 bits per heavy atom. The van der Waals surface area contributed by atoms with Gasteiger partial charge in [-0.05, 0) is 101 Å². The molecular weight excluding hydrogens is 711 g/mol. The van der Waals surface area contributed by atoms with E-state index < -0.39 is 29.3 Å². The minimum absolute atomic E-state index is 0.0679. The van der Waals surface area contributed by atoms with Crippen molar-refractivity contribution in [2.24, 2.45) is 29.1 Å². The van der Waals surface area contributed by atoms with Gasteiger partial charge in [0.1, 0.15) is 5.78 Å². The van der Waals surface area contributed by atoms with Gasteiger partial charge < -0.3 is 15.5 Å². The number of carbonyl (C=O) groups excluding carboxylic acids is 5. The minimum atomic E-state index is -0.797. The summed E-state index contributed by atoms with van der Waals surface area (Å²) in [6, 6.07) is 18.2. The van der Waals surface area contributed by atoms with E-state index in [0.29, 0.717) is 38.5 Å². The fourth-order valence-corrected chi connectivity index (χ4v) is 7.74. The maximum atomic E-state index is 14.3. The predicted molar refractivity (Wildman–Crippen MR) is 232 cm³/mol. The number of hydrogen-bond acceptors (Lipinski definition) is 6. The summed E-state index contributed by atoms with van der Waals surface area (Å²) in [7, 11) is 4.21. The molecule has 8 heteroatoms. The van der Waals surface area contributed by atoms with Crippen LogP contribution < -0.4 is 10.6 Å². The zero-order valence-corrected chi connectivity index (χ0v) is 36.5. The molecule has 0 aromatic heterocycles. The van der Waals surface area contributed by atoms with Gasteiger partial charge in [-0.2, -0.15) is 0 Å². The van der Waals surface area contributed by atoms with Crippen LogP contribution in [-0.4, -0.2) is 66.8 Å². The van der Waals surface area contributed by atoms with Crippen molar-refractivity contribution < 1.29 is 24.0 Å².